The highest BCUT2D eigenvalue weighted by molar-refractivity contribution is 7.99. The molecular weight excluding hydrogens is 232 g/mol. The molecule has 0 saturated carbocycles. The minimum Gasteiger partial charge on any atom is -0.355 e. The molecule has 1 amide bonds. The molecule has 0 aromatic rings. The fourth-order valence-corrected chi connectivity index (χ4v) is 2.63. The number of piperidine rings is 1. The zero-order valence-corrected chi connectivity index (χ0v) is 12.3. The van der Waals surface area contributed by atoms with Crippen LogP contribution in [-0.2, 0) is 4.79 Å². The standard InChI is InChI=1S/C13H26N2OS/c1-10(17-4)6-9-15-12(16)11-13(2,3)7-5-8-14-11/h10-11,14H,5-9H2,1-4H3,(H,15,16). The van der Waals surface area contributed by atoms with E-state index in [1.165, 1.54) is 6.42 Å². The lowest BCUT2D eigenvalue weighted by atomic mass is 9.77. The van der Waals surface area contributed by atoms with Crippen molar-refractivity contribution in [3.63, 3.8) is 0 Å². The first-order valence-electron chi connectivity index (χ1n) is 6.51. The van der Waals surface area contributed by atoms with E-state index in [1.807, 2.05) is 11.8 Å². The molecule has 1 heterocycles. The van der Waals surface area contributed by atoms with E-state index in [9.17, 15) is 4.79 Å². The summed E-state index contributed by atoms with van der Waals surface area (Å²) in [5.41, 5.74) is 0.0768. The van der Waals surface area contributed by atoms with Gasteiger partial charge in [0.15, 0.2) is 0 Å². The first-order valence-corrected chi connectivity index (χ1v) is 7.80. The maximum absolute atomic E-state index is 12.1. The number of carbonyl (C=O) groups excluding carboxylic acids is 1. The van der Waals surface area contributed by atoms with Crippen LogP contribution in [0.4, 0.5) is 0 Å². The molecule has 4 heteroatoms. The number of rotatable bonds is 5. The molecule has 3 nitrogen and oxygen atoms in total. The fourth-order valence-electron chi connectivity index (χ4n) is 2.28. The van der Waals surface area contributed by atoms with Gasteiger partial charge in [-0.1, -0.05) is 20.8 Å². The van der Waals surface area contributed by atoms with Crippen molar-refractivity contribution in [1.82, 2.24) is 10.6 Å². The summed E-state index contributed by atoms with van der Waals surface area (Å²) in [4.78, 5) is 12.1. The van der Waals surface area contributed by atoms with Gasteiger partial charge in [0.2, 0.25) is 5.91 Å². The Morgan fingerprint density at radius 1 is 1.59 bits per heavy atom. The maximum Gasteiger partial charge on any atom is 0.237 e. The zero-order chi connectivity index (χ0) is 12.9. The van der Waals surface area contributed by atoms with E-state index in [0.29, 0.717) is 5.25 Å². The largest absolute Gasteiger partial charge is 0.355 e. The van der Waals surface area contributed by atoms with E-state index in [-0.39, 0.29) is 17.4 Å². The molecule has 0 radical (unpaired) electrons. The number of hydrogen-bond donors (Lipinski definition) is 2. The van der Waals surface area contributed by atoms with Crippen LogP contribution >= 0.6 is 11.8 Å². The summed E-state index contributed by atoms with van der Waals surface area (Å²) in [6.45, 7) is 8.29. The van der Waals surface area contributed by atoms with E-state index in [4.69, 9.17) is 0 Å². The summed E-state index contributed by atoms with van der Waals surface area (Å²) < 4.78 is 0. The summed E-state index contributed by atoms with van der Waals surface area (Å²) in [5, 5.41) is 7.02. The van der Waals surface area contributed by atoms with Crippen molar-refractivity contribution >= 4 is 17.7 Å². The van der Waals surface area contributed by atoms with Gasteiger partial charge in [-0.15, -0.1) is 0 Å². The van der Waals surface area contributed by atoms with E-state index in [1.54, 1.807) is 0 Å². The predicted molar refractivity (Wildman–Crippen MR) is 75.4 cm³/mol. The average molecular weight is 258 g/mol. The quantitative estimate of drug-likeness (QED) is 0.793. The molecule has 0 aromatic heterocycles. The number of hydrogen-bond acceptors (Lipinski definition) is 3. The van der Waals surface area contributed by atoms with Crippen LogP contribution in [0.3, 0.4) is 0 Å². The fraction of sp³-hybridized carbons (Fsp3) is 0.923. The van der Waals surface area contributed by atoms with Crippen LogP contribution in [0.1, 0.15) is 40.0 Å². The third-order valence-electron chi connectivity index (χ3n) is 3.64. The molecule has 0 aromatic carbocycles. The monoisotopic (exact) mass is 258 g/mol. The molecule has 1 rings (SSSR count). The van der Waals surface area contributed by atoms with Crippen molar-refractivity contribution in [3.05, 3.63) is 0 Å². The second kappa shape index (κ2) is 6.64. The topological polar surface area (TPSA) is 41.1 Å². The van der Waals surface area contributed by atoms with Gasteiger partial charge in [0.25, 0.3) is 0 Å². The normalized spacial score (nSPS) is 25.3. The van der Waals surface area contributed by atoms with Gasteiger partial charge in [0.1, 0.15) is 0 Å². The Bertz CT molecular complexity index is 256. The molecule has 1 aliphatic heterocycles. The summed E-state index contributed by atoms with van der Waals surface area (Å²) in [7, 11) is 0. The Labute approximate surface area is 109 Å². The molecule has 2 N–H and O–H groups in total. The van der Waals surface area contributed by atoms with Gasteiger partial charge in [-0.25, -0.2) is 0 Å². The molecule has 1 aliphatic rings. The molecule has 2 atom stereocenters. The van der Waals surface area contributed by atoms with Gasteiger partial charge in [-0.05, 0) is 37.5 Å². The van der Waals surface area contributed by atoms with E-state index in [0.717, 1.165) is 25.9 Å². The lowest BCUT2D eigenvalue weighted by molar-refractivity contribution is -0.126. The summed E-state index contributed by atoms with van der Waals surface area (Å²) in [6.07, 6.45) is 5.44. The van der Waals surface area contributed by atoms with Crippen LogP contribution in [0.25, 0.3) is 0 Å². The predicted octanol–water partition coefficient (Wildman–Crippen LogP) is 2.02. The molecule has 1 saturated heterocycles. The number of thioether (sulfide) groups is 1. The van der Waals surface area contributed by atoms with Crippen molar-refractivity contribution in [3.8, 4) is 0 Å². The van der Waals surface area contributed by atoms with Crippen LogP contribution in [0.5, 0.6) is 0 Å². The van der Waals surface area contributed by atoms with Crippen LogP contribution in [-0.4, -0.2) is 36.5 Å². The Morgan fingerprint density at radius 3 is 2.88 bits per heavy atom. The average Bonchev–Trinajstić information content (AvgIpc) is 2.27. The highest BCUT2D eigenvalue weighted by atomic mass is 32.2. The molecule has 0 bridgehead atoms. The maximum atomic E-state index is 12.1. The first kappa shape index (κ1) is 14.8. The third-order valence-corrected chi connectivity index (χ3v) is 4.68. The highest BCUT2D eigenvalue weighted by Gasteiger charge is 2.36. The second-order valence-electron chi connectivity index (χ2n) is 5.61. The summed E-state index contributed by atoms with van der Waals surface area (Å²) in [5.74, 6) is 0.169. The lowest BCUT2D eigenvalue weighted by Crippen LogP contribution is -2.55. The van der Waals surface area contributed by atoms with Gasteiger partial charge in [-0.3, -0.25) is 4.79 Å². The zero-order valence-electron chi connectivity index (χ0n) is 11.5. The molecular formula is C13H26N2OS. The van der Waals surface area contributed by atoms with Crippen LogP contribution in [0.2, 0.25) is 0 Å². The number of carbonyl (C=O) groups is 1. The Morgan fingerprint density at radius 2 is 2.29 bits per heavy atom. The molecule has 0 aliphatic carbocycles. The van der Waals surface area contributed by atoms with Gasteiger partial charge < -0.3 is 10.6 Å². The summed E-state index contributed by atoms with van der Waals surface area (Å²) >= 11 is 1.84. The van der Waals surface area contributed by atoms with Crippen molar-refractivity contribution in [1.29, 1.82) is 0 Å². The van der Waals surface area contributed by atoms with Crippen molar-refractivity contribution in [2.75, 3.05) is 19.3 Å². The van der Waals surface area contributed by atoms with E-state index >= 15 is 0 Å². The SMILES string of the molecule is CSC(C)CCNC(=O)C1NCCCC1(C)C. The highest BCUT2D eigenvalue weighted by Crippen LogP contribution is 2.30. The van der Waals surface area contributed by atoms with Crippen molar-refractivity contribution < 1.29 is 4.79 Å². The molecule has 1 fully saturated rings. The first-order chi connectivity index (χ1) is 7.97. The number of amides is 1. The molecule has 100 valence electrons. The molecule has 17 heavy (non-hydrogen) atoms. The Kier molecular flexibility index (Phi) is 5.80. The lowest BCUT2D eigenvalue weighted by Gasteiger charge is -2.38. The van der Waals surface area contributed by atoms with Crippen molar-refractivity contribution in [2.24, 2.45) is 5.41 Å². The smallest absolute Gasteiger partial charge is 0.237 e. The number of nitrogens with one attached hydrogen (secondary N) is 2. The van der Waals surface area contributed by atoms with Crippen LogP contribution < -0.4 is 10.6 Å². The molecule has 0 spiro atoms. The minimum absolute atomic E-state index is 0.0270. The van der Waals surface area contributed by atoms with Gasteiger partial charge in [0.05, 0.1) is 6.04 Å². The summed E-state index contributed by atoms with van der Waals surface area (Å²) in [6, 6.07) is -0.0270. The van der Waals surface area contributed by atoms with Crippen LogP contribution in [0.15, 0.2) is 0 Å². The van der Waals surface area contributed by atoms with Crippen molar-refractivity contribution in [2.45, 2.75) is 51.3 Å². The second-order valence-corrected chi connectivity index (χ2v) is 6.88. The van der Waals surface area contributed by atoms with E-state index in [2.05, 4.69) is 37.7 Å². The Hall–Kier alpha value is -0.220. The van der Waals surface area contributed by atoms with Gasteiger partial charge in [0, 0.05) is 11.8 Å². The Balaban J connectivity index is 2.36. The van der Waals surface area contributed by atoms with Gasteiger partial charge >= 0.3 is 0 Å². The minimum atomic E-state index is -0.0270. The van der Waals surface area contributed by atoms with Gasteiger partial charge in [-0.2, -0.15) is 11.8 Å². The van der Waals surface area contributed by atoms with Crippen LogP contribution in [0, 0.1) is 5.41 Å². The van der Waals surface area contributed by atoms with E-state index < -0.39 is 0 Å². The molecule has 2 unspecified atom stereocenters. The third kappa shape index (κ3) is 4.51.